The molecule has 9 aromatic rings. The maximum Gasteiger partial charge on any atom is 0.165 e. The second-order valence-electron chi connectivity index (χ2n) is 11.8. The van der Waals surface area contributed by atoms with Crippen molar-refractivity contribution in [2.75, 3.05) is 0 Å². The van der Waals surface area contributed by atoms with Crippen molar-refractivity contribution in [1.82, 2.24) is 19.9 Å². The van der Waals surface area contributed by atoms with Crippen molar-refractivity contribution in [3.63, 3.8) is 0 Å². The lowest BCUT2D eigenvalue weighted by molar-refractivity contribution is 1.08. The summed E-state index contributed by atoms with van der Waals surface area (Å²) >= 11 is 0. The van der Waals surface area contributed by atoms with Gasteiger partial charge in [-0.3, -0.25) is 0 Å². The average molecular weight is 613 g/mol. The molecule has 4 nitrogen and oxygen atoms in total. The molecule has 0 amide bonds. The first kappa shape index (κ1) is 27.8. The molecule has 0 aliphatic rings. The molecule has 224 valence electrons. The minimum atomic E-state index is 0.640. The molecule has 0 saturated heterocycles. The topological polar surface area (TPSA) is 51.6 Å². The Hall–Kier alpha value is -6.52. The predicted molar refractivity (Wildman–Crippen MR) is 197 cm³/mol. The summed E-state index contributed by atoms with van der Waals surface area (Å²) < 4.78 is 0. The highest BCUT2D eigenvalue weighted by Gasteiger charge is 2.19. The van der Waals surface area contributed by atoms with Gasteiger partial charge in [-0.1, -0.05) is 164 Å². The van der Waals surface area contributed by atoms with Gasteiger partial charge in [0.25, 0.3) is 0 Å². The number of benzene rings is 7. The zero-order valence-corrected chi connectivity index (χ0v) is 26.0. The number of hydrogen-bond donors (Lipinski definition) is 0. The minimum absolute atomic E-state index is 0.640. The molecule has 2 aromatic heterocycles. The smallest absolute Gasteiger partial charge is 0.165 e. The van der Waals surface area contributed by atoms with Gasteiger partial charge in [0.1, 0.15) is 0 Å². The van der Waals surface area contributed by atoms with Gasteiger partial charge in [-0.05, 0) is 33.4 Å². The van der Waals surface area contributed by atoms with Crippen molar-refractivity contribution in [3.05, 3.63) is 170 Å². The van der Waals surface area contributed by atoms with Crippen LogP contribution in [0.3, 0.4) is 0 Å². The molecule has 0 aliphatic heterocycles. The second kappa shape index (κ2) is 11.7. The van der Waals surface area contributed by atoms with E-state index in [-0.39, 0.29) is 0 Å². The molecular weight excluding hydrogens is 585 g/mol. The summed E-state index contributed by atoms with van der Waals surface area (Å²) in [7, 11) is 0. The number of pyridine rings is 1. The Morgan fingerprint density at radius 1 is 0.292 bits per heavy atom. The quantitative estimate of drug-likeness (QED) is 0.181. The van der Waals surface area contributed by atoms with E-state index in [1.54, 1.807) is 0 Å². The van der Waals surface area contributed by atoms with Crippen LogP contribution in [0.2, 0.25) is 0 Å². The highest BCUT2D eigenvalue weighted by atomic mass is 15.0. The van der Waals surface area contributed by atoms with Gasteiger partial charge in [0.2, 0.25) is 0 Å². The Kier molecular flexibility index (Phi) is 6.76. The van der Waals surface area contributed by atoms with E-state index in [9.17, 15) is 0 Å². The first-order valence-electron chi connectivity index (χ1n) is 16.1. The van der Waals surface area contributed by atoms with Crippen LogP contribution in [0, 0.1) is 0 Å². The van der Waals surface area contributed by atoms with Gasteiger partial charge in [-0.2, -0.15) is 0 Å². The number of nitrogens with zero attached hydrogens (tertiary/aromatic N) is 4. The van der Waals surface area contributed by atoms with Crippen molar-refractivity contribution in [1.29, 1.82) is 0 Å². The lowest BCUT2D eigenvalue weighted by Crippen LogP contribution is -2.01. The van der Waals surface area contributed by atoms with Crippen molar-refractivity contribution in [3.8, 4) is 56.5 Å². The highest BCUT2D eigenvalue weighted by molar-refractivity contribution is 6.11. The van der Waals surface area contributed by atoms with E-state index >= 15 is 0 Å². The normalized spacial score (nSPS) is 11.3. The Labute approximate surface area is 278 Å². The maximum atomic E-state index is 5.13. The van der Waals surface area contributed by atoms with Crippen LogP contribution in [-0.4, -0.2) is 19.9 Å². The fraction of sp³-hybridized carbons (Fsp3) is 0. The number of para-hydroxylation sites is 1. The van der Waals surface area contributed by atoms with Crippen LogP contribution < -0.4 is 0 Å². The van der Waals surface area contributed by atoms with Crippen LogP contribution in [0.1, 0.15) is 0 Å². The van der Waals surface area contributed by atoms with Gasteiger partial charge < -0.3 is 0 Å². The first-order valence-corrected chi connectivity index (χ1v) is 16.1. The SMILES string of the molecule is c1ccc(-c2nc(-c3ccccc3)nc(-c3c(-c4ccc(-c5nc6ccccc6c6ccccc56)cc4)ccc4ccccc34)n2)cc1. The fourth-order valence-corrected chi connectivity index (χ4v) is 6.61. The Bertz CT molecular complexity index is 2540. The average Bonchev–Trinajstić information content (AvgIpc) is 3.18. The van der Waals surface area contributed by atoms with Gasteiger partial charge in [0, 0.05) is 33.0 Å². The number of hydrogen-bond acceptors (Lipinski definition) is 4. The van der Waals surface area contributed by atoms with E-state index in [1.165, 1.54) is 5.39 Å². The molecule has 0 aliphatic carbocycles. The first-order chi connectivity index (χ1) is 23.8. The van der Waals surface area contributed by atoms with Gasteiger partial charge >= 0.3 is 0 Å². The van der Waals surface area contributed by atoms with E-state index in [0.29, 0.717) is 17.5 Å². The third-order valence-electron chi connectivity index (χ3n) is 8.93. The van der Waals surface area contributed by atoms with Gasteiger partial charge in [-0.15, -0.1) is 0 Å². The number of aromatic nitrogens is 4. The molecule has 0 atom stereocenters. The van der Waals surface area contributed by atoms with Crippen molar-refractivity contribution >= 4 is 32.4 Å². The molecule has 7 aromatic carbocycles. The summed E-state index contributed by atoms with van der Waals surface area (Å²) in [4.78, 5) is 20.3. The molecule has 0 unspecified atom stereocenters. The summed E-state index contributed by atoms with van der Waals surface area (Å²) in [6.45, 7) is 0. The molecule has 0 spiro atoms. The molecule has 4 heteroatoms. The van der Waals surface area contributed by atoms with Crippen molar-refractivity contribution < 1.29 is 0 Å². The third kappa shape index (κ3) is 4.88. The molecule has 0 bridgehead atoms. The Morgan fingerprint density at radius 2 is 0.812 bits per heavy atom. The molecule has 2 heterocycles. The molecular formula is C44H28N4. The summed E-state index contributed by atoms with van der Waals surface area (Å²) in [5.74, 6) is 1.92. The lowest BCUT2D eigenvalue weighted by Gasteiger charge is -2.15. The van der Waals surface area contributed by atoms with Crippen LogP contribution in [0.15, 0.2) is 170 Å². The monoisotopic (exact) mass is 612 g/mol. The zero-order valence-electron chi connectivity index (χ0n) is 26.0. The summed E-state index contributed by atoms with van der Waals surface area (Å²) in [5, 5.41) is 5.73. The maximum absolute atomic E-state index is 5.13. The summed E-state index contributed by atoms with van der Waals surface area (Å²) in [6.07, 6.45) is 0. The van der Waals surface area contributed by atoms with E-state index in [2.05, 4.69) is 103 Å². The van der Waals surface area contributed by atoms with Crippen molar-refractivity contribution in [2.45, 2.75) is 0 Å². The molecule has 48 heavy (non-hydrogen) atoms. The van der Waals surface area contributed by atoms with E-state index in [0.717, 1.165) is 66.1 Å². The van der Waals surface area contributed by atoms with Gasteiger partial charge in [-0.25, -0.2) is 19.9 Å². The van der Waals surface area contributed by atoms with Crippen molar-refractivity contribution in [2.24, 2.45) is 0 Å². The Morgan fingerprint density at radius 3 is 1.50 bits per heavy atom. The van der Waals surface area contributed by atoms with Crippen LogP contribution in [0.25, 0.3) is 89.0 Å². The zero-order chi connectivity index (χ0) is 31.9. The minimum Gasteiger partial charge on any atom is -0.247 e. The van der Waals surface area contributed by atoms with Crippen LogP contribution in [0.4, 0.5) is 0 Å². The lowest BCUT2D eigenvalue weighted by atomic mass is 9.92. The van der Waals surface area contributed by atoms with Crippen LogP contribution in [0.5, 0.6) is 0 Å². The van der Waals surface area contributed by atoms with Crippen LogP contribution in [-0.2, 0) is 0 Å². The molecule has 0 N–H and O–H groups in total. The second-order valence-corrected chi connectivity index (χ2v) is 11.8. The highest BCUT2D eigenvalue weighted by Crippen LogP contribution is 2.39. The van der Waals surface area contributed by atoms with Crippen LogP contribution >= 0.6 is 0 Å². The molecule has 9 rings (SSSR count). The molecule has 0 saturated carbocycles. The van der Waals surface area contributed by atoms with E-state index in [1.807, 2.05) is 66.7 Å². The fourth-order valence-electron chi connectivity index (χ4n) is 6.61. The number of rotatable bonds is 5. The van der Waals surface area contributed by atoms with E-state index < -0.39 is 0 Å². The van der Waals surface area contributed by atoms with Gasteiger partial charge in [0.15, 0.2) is 17.5 Å². The predicted octanol–water partition coefficient (Wildman–Crippen LogP) is 11.1. The summed E-state index contributed by atoms with van der Waals surface area (Å²) in [6, 6.07) is 58.6. The third-order valence-corrected chi connectivity index (χ3v) is 8.93. The van der Waals surface area contributed by atoms with E-state index in [4.69, 9.17) is 19.9 Å². The molecule has 0 fully saturated rings. The molecule has 0 radical (unpaired) electrons. The Balaban J connectivity index is 1.24. The standard InChI is InChI=1S/C44H28N4/c1-3-14-32(15-4-1)42-46-43(33-16-5-2-6-17-33)48-44(47-42)40-34-18-8-7-13-29(34)27-28-35(40)30-23-25-31(26-24-30)41-38-21-10-9-19-36(38)37-20-11-12-22-39(37)45-41/h1-28H. The van der Waals surface area contributed by atoms with Gasteiger partial charge in [0.05, 0.1) is 11.2 Å². The number of fused-ring (bicyclic) bond motifs is 4. The summed E-state index contributed by atoms with van der Waals surface area (Å²) in [5.41, 5.74) is 8.04. The largest absolute Gasteiger partial charge is 0.247 e.